The smallest absolute Gasteiger partial charge is 0.404 e. The average Bonchev–Trinajstić information content (AvgIpc) is 2.02. The lowest BCUT2D eigenvalue weighted by Crippen LogP contribution is -2.21. The molecule has 0 aliphatic heterocycles. The number of hydrogen-bond donors (Lipinski definition) is 2. The maximum absolute atomic E-state index is 10.0. The molecular weight excluding hydrogens is 158 g/mol. The molecule has 0 saturated carbocycles. The first-order chi connectivity index (χ1) is 5.77. The topological polar surface area (TPSA) is 58.6 Å². The molecule has 0 bridgehead atoms. The Labute approximate surface area is 72.9 Å². The van der Waals surface area contributed by atoms with Gasteiger partial charge in [-0.25, -0.2) is 4.79 Å². The van der Waals surface area contributed by atoms with Crippen molar-refractivity contribution in [3.05, 3.63) is 0 Å². The van der Waals surface area contributed by atoms with Crippen LogP contribution in [-0.2, 0) is 4.74 Å². The fourth-order valence-corrected chi connectivity index (χ4v) is 0.920. The van der Waals surface area contributed by atoms with Crippen molar-refractivity contribution in [2.24, 2.45) is 0 Å². The van der Waals surface area contributed by atoms with Gasteiger partial charge in [0.15, 0.2) is 0 Å². The summed E-state index contributed by atoms with van der Waals surface area (Å²) in [6.07, 6.45) is 3.20. The molecule has 0 unspecified atom stereocenters. The summed E-state index contributed by atoms with van der Waals surface area (Å²) >= 11 is 0. The Morgan fingerprint density at radius 1 is 1.33 bits per heavy atom. The number of carboxylic acid groups (broad SMARTS) is 1. The first-order valence-corrected chi connectivity index (χ1v) is 4.23. The van der Waals surface area contributed by atoms with Gasteiger partial charge in [0.1, 0.15) is 0 Å². The van der Waals surface area contributed by atoms with Crippen LogP contribution in [0.2, 0.25) is 0 Å². The maximum atomic E-state index is 10.0. The van der Waals surface area contributed by atoms with E-state index in [0.717, 1.165) is 32.3 Å². The molecule has 0 aliphatic carbocycles. The monoisotopic (exact) mass is 175 g/mol. The Kier molecular flexibility index (Phi) is 7.79. The van der Waals surface area contributed by atoms with Gasteiger partial charge >= 0.3 is 6.09 Å². The lowest BCUT2D eigenvalue weighted by molar-refractivity contribution is 0.190. The predicted molar refractivity (Wildman–Crippen MR) is 46.4 cm³/mol. The molecule has 0 aromatic heterocycles. The summed E-state index contributed by atoms with van der Waals surface area (Å²) in [5.41, 5.74) is 0. The van der Waals surface area contributed by atoms with Gasteiger partial charge in [-0.1, -0.05) is 12.8 Å². The van der Waals surface area contributed by atoms with E-state index in [1.165, 1.54) is 0 Å². The van der Waals surface area contributed by atoms with Gasteiger partial charge in [-0.3, -0.25) is 0 Å². The van der Waals surface area contributed by atoms with Crippen LogP contribution in [0.15, 0.2) is 0 Å². The van der Waals surface area contributed by atoms with Crippen molar-refractivity contribution in [3.8, 4) is 0 Å². The van der Waals surface area contributed by atoms with E-state index in [9.17, 15) is 4.79 Å². The Balaban J connectivity index is 2.86. The molecule has 0 heterocycles. The second-order valence-corrected chi connectivity index (χ2v) is 2.64. The Bertz CT molecular complexity index is 117. The third-order valence-corrected chi connectivity index (χ3v) is 1.55. The molecule has 0 atom stereocenters. The molecule has 0 aliphatic rings. The SMILES string of the molecule is COCCCCCCNC(=O)O. The van der Waals surface area contributed by atoms with Gasteiger partial charge in [0, 0.05) is 20.3 Å². The number of unbranched alkanes of at least 4 members (excludes halogenated alkanes) is 3. The molecule has 0 aromatic carbocycles. The van der Waals surface area contributed by atoms with Gasteiger partial charge in [0.25, 0.3) is 0 Å². The van der Waals surface area contributed by atoms with Crippen LogP contribution in [0.1, 0.15) is 25.7 Å². The van der Waals surface area contributed by atoms with Crippen molar-refractivity contribution in [3.63, 3.8) is 0 Å². The molecule has 0 spiro atoms. The van der Waals surface area contributed by atoms with E-state index in [1.807, 2.05) is 0 Å². The standard InChI is InChI=1S/C8H17NO3/c1-12-7-5-3-2-4-6-9-8(10)11/h9H,2-7H2,1H3,(H,10,11). The minimum atomic E-state index is -0.938. The molecule has 0 radical (unpaired) electrons. The number of carbonyl (C=O) groups is 1. The number of amides is 1. The van der Waals surface area contributed by atoms with E-state index in [0.29, 0.717) is 6.54 Å². The second-order valence-electron chi connectivity index (χ2n) is 2.64. The van der Waals surface area contributed by atoms with E-state index in [4.69, 9.17) is 9.84 Å². The molecule has 2 N–H and O–H groups in total. The van der Waals surface area contributed by atoms with Crippen LogP contribution in [0.4, 0.5) is 4.79 Å². The fourth-order valence-electron chi connectivity index (χ4n) is 0.920. The van der Waals surface area contributed by atoms with Crippen LogP contribution in [0.3, 0.4) is 0 Å². The highest BCUT2D eigenvalue weighted by Gasteiger charge is 1.93. The summed E-state index contributed by atoms with van der Waals surface area (Å²) < 4.78 is 4.88. The van der Waals surface area contributed by atoms with Gasteiger partial charge in [-0.15, -0.1) is 0 Å². The largest absolute Gasteiger partial charge is 0.465 e. The molecule has 12 heavy (non-hydrogen) atoms. The number of hydrogen-bond acceptors (Lipinski definition) is 2. The minimum Gasteiger partial charge on any atom is -0.465 e. The van der Waals surface area contributed by atoms with Crippen molar-refractivity contribution in [2.75, 3.05) is 20.3 Å². The zero-order valence-corrected chi connectivity index (χ0v) is 7.51. The third kappa shape index (κ3) is 9.23. The van der Waals surface area contributed by atoms with Crippen molar-refractivity contribution in [2.45, 2.75) is 25.7 Å². The highest BCUT2D eigenvalue weighted by atomic mass is 16.5. The van der Waals surface area contributed by atoms with Crippen molar-refractivity contribution < 1.29 is 14.6 Å². The quantitative estimate of drug-likeness (QED) is 0.576. The fraction of sp³-hybridized carbons (Fsp3) is 0.875. The lowest BCUT2D eigenvalue weighted by atomic mass is 10.2. The highest BCUT2D eigenvalue weighted by molar-refractivity contribution is 5.64. The van der Waals surface area contributed by atoms with Crippen LogP contribution >= 0.6 is 0 Å². The molecule has 1 amide bonds. The Morgan fingerprint density at radius 3 is 2.58 bits per heavy atom. The second kappa shape index (κ2) is 8.33. The van der Waals surface area contributed by atoms with Gasteiger partial charge in [-0.2, -0.15) is 0 Å². The molecule has 4 nitrogen and oxygen atoms in total. The van der Waals surface area contributed by atoms with Crippen LogP contribution < -0.4 is 5.32 Å². The molecule has 4 heteroatoms. The molecule has 0 aromatic rings. The van der Waals surface area contributed by atoms with E-state index in [2.05, 4.69) is 5.32 Å². The first kappa shape index (κ1) is 11.2. The number of nitrogens with one attached hydrogen (secondary N) is 1. The van der Waals surface area contributed by atoms with Crippen LogP contribution in [0.5, 0.6) is 0 Å². The minimum absolute atomic E-state index is 0.558. The summed E-state index contributed by atoms with van der Waals surface area (Å²) in [6, 6.07) is 0. The van der Waals surface area contributed by atoms with Gasteiger partial charge in [0.05, 0.1) is 0 Å². The number of rotatable bonds is 7. The van der Waals surface area contributed by atoms with Gasteiger partial charge in [0.2, 0.25) is 0 Å². The van der Waals surface area contributed by atoms with Crippen molar-refractivity contribution in [1.82, 2.24) is 5.32 Å². The zero-order valence-electron chi connectivity index (χ0n) is 7.51. The molecule has 0 fully saturated rings. The van der Waals surface area contributed by atoms with Crippen LogP contribution in [-0.4, -0.2) is 31.5 Å². The van der Waals surface area contributed by atoms with E-state index in [-0.39, 0.29) is 0 Å². The van der Waals surface area contributed by atoms with Gasteiger partial charge in [-0.05, 0) is 12.8 Å². The van der Waals surface area contributed by atoms with E-state index >= 15 is 0 Å². The first-order valence-electron chi connectivity index (χ1n) is 4.23. The van der Waals surface area contributed by atoms with E-state index in [1.54, 1.807) is 7.11 Å². The highest BCUT2D eigenvalue weighted by Crippen LogP contribution is 1.98. The molecule has 72 valence electrons. The summed E-state index contributed by atoms with van der Waals surface area (Å²) in [5.74, 6) is 0. The van der Waals surface area contributed by atoms with Crippen LogP contribution in [0.25, 0.3) is 0 Å². The average molecular weight is 175 g/mol. The van der Waals surface area contributed by atoms with Crippen LogP contribution in [0, 0.1) is 0 Å². The Morgan fingerprint density at radius 2 is 2.00 bits per heavy atom. The molecule has 0 saturated heterocycles. The maximum Gasteiger partial charge on any atom is 0.404 e. The number of ether oxygens (including phenoxy) is 1. The summed E-state index contributed by atoms with van der Waals surface area (Å²) in [5, 5.41) is 10.5. The molecular formula is C8H17NO3. The molecule has 0 rings (SSSR count). The summed E-state index contributed by atoms with van der Waals surface area (Å²) in [6.45, 7) is 1.36. The van der Waals surface area contributed by atoms with Gasteiger partial charge < -0.3 is 15.2 Å². The Hall–Kier alpha value is -0.770. The lowest BCUT2D eigenvalue weighted by Gasteiger charge is -2.00. The number of methoxy groups -OCH3 is 1. The van der Waals surface area contributed by atoms with Crippen molar-refractivity contribution in [1.29, 1.82) is 0 Å². The zero-order chi connectivity index (χ0) is 9.23. The normalized spacial score (nSPS) is 9.75. The summed E-state index contributed by atoms with van der Waals surface area (Å²) in [4.78, 5) is 10.0. The van der Waals surface area contributed by atoms with E-state index < -0.39 is 6.09 Å². The third-order valence-electron chi connectivity index (χ3n) is 1.55. The summed E-state index contributed by atoms with van der Waals surface area (Å²) in [7, 11) is 1.69. The van der Waals surface area contributed by atoms with Crippen molar-refractivity contribution >= 4 is 6.09 Å². The predicted octanol–water partition coefficient (Wildman–Crippen LogP) is 1.46.